The van der Waals surface area contributed by atoms with Crippen LogP contribution < -0.4 is 10.6 Å². The third-order valence-electron chi connectivity index (χ3n) is 6.64. The Balaban J connectivity index is 1.17. The van der Waals surface area contributed by atoms with Crippen molar-refractivity contribution in [2.75, 3.05) is 26.0 Å². The number of nitrogens with one attached hydrogen (secondary N) is 2. The average Bonchev–Trinajstić information content (AvgIpc) is 3.68. The summed E-state index contributed by atoms with van der Waals surface area (Å²) in [6, 6.07) is 10.9. The molecule has 208 valence electrons. The van der Waals surface area contributed by atoms with Gasteiger partial charge in [-0.1, -0.05) is 11.8 Å². The van der Waals surface area contributed by atoms with E-state index in [0.29, 0.717) is 18.8 Å². The van der Waals surface area contributed by atoms with E-state index in [-0.39, 0.29) is 30.3 Å². The van der Waals surface area contributed by atoms with Gasteiger partial charge in [-0.05, 0) is 42.5 Å². The molecule has 0 aliphatic carbocycles. The molecule has 2 atom stereocenters. The number of nitrogens with zero attached hydrogens (tertiary/aromatic N) is 5. The van der Waals surface area contributed by atoms with E-state index in [0.717, 1.165) is 43.8 Å². The summed E-state index contributed by atoms with van der Waals surface area (Å²) < 4.78 is 35.7. The third-order valence-corrected chi connectivity index (χ3v) is 7.68. The molecule has 9 nitrogen and oxygen atoms in total. The van der Waals surface area contributed by atoms with E-state index in [1.807, 2.05) is 24.3 Å². The number of halogens is 2. The minimum atomic E-state index is -0.491. The molecule has 6 rings (SSSR count). The molecule has 1 aliphatic rings. The summed E-state index contributed by atoms with van der Waals surface area (Å²) in [5.41, 5.74) is 2.59. The van der Waals surface area contributed by atoms with Gasteiger partial charge in [0.05, 0.1) is 39.4 Å². The van der Waals surface area contributed by atoms with Crippen molar-refractivity contribution in [3.8, 4) is 11.8 Å². The van der Waals surface area contributed by atoms with Crippen LogP contribution in [0.3, 0.4) is 0 Å². The first-order valence-electron chi connectivity index (χ1n) is 12.9. The number of ether oxygens (including phenoxy) is 1. The molecule has 0 saturated carbocycles. The van der Waals surface area contributed by atoms with Crippen LogP contribution in [-0.2, 0) is 11.3 Å². The van der Waals surface area contributed by atoms with Gasteiger partial charge >= 0.3 is 6.09 Å². The summed E-state index contributed by atoms with van der Waals surface area (Å²) in [6.07, 6.45) is 3.25. The first kappa shape index (κ1) is 26.6. The Labute approximate surface area is 238 Å². The fourth-order valence-electron chi connectivity index (χ4n) is 4.57. The molecule has 0 spiro atoms. The van der Waals surface area contributed by atoms with Crippen LogP contribution in [0.5, 0.6) is 0 Å². The van der Waals surface area contributed by atoms with Gasteiger partial charge in [-0.2, -0.15) is 5.10 Å². The fraction of sp³-hybridized carbons (Fsp3) is 0.241. The Morgan fingerprint density at radius 3 is 2.95 bits per heavy atom. The van der Waals surface area contributed by atoms with Crippen molar-refractivity contribution in [3.63, 3.8) is 0 Å². The lowest BCUT2D eigenvalue weighted by Crippen LogP contribution is -2.29. The molecule has 2 unspecified atom stereocenters. The lowest BCUT2D eigenvalue weighted by atomic mass is 10.2. The number of carbonyl (C=O) groups excluding carboxylic acids is 1. The standard InChI is InChI=1S/C29H25F2N7O2S/c1-37(2)29(39)40-22-11-20(32-14-22)4-6-23-12-25-27(41-23)28(34-16-33-25)36-21-5-8-26-17(10-21)13-35-38(26)15-18-9-19(30)3-7-24(18)31/h3,5,7-10,12-13,16,20,22,32H,11,14-15H2,1-2H3,(H,33,34,36). The van der Waals surface area contributed by atoms with E-state index in [4.69, 9.17) is 4.74 Å². The van der Waals surface area contributed by atoms with Crippen LogP contribution in [0.15, 0.2) is 55.0 Å². The molecule has 1 fully saturated rings. The number of rotatable bonds is 5. The van der Waals surface area contributed by atoms with Crippen LogP contribution in [-0.4, -0.2) is 63.5 Å². The Bertz CT molecular complexity index is 1820. The highest BCUT2D eigenvalue weighted by atomic mass is 32.1. The molecule has 1 aliphatic heterocycles. The van der Waals surface area contributed by atoms with Crippen molar-refractivity contribution in [1.82, 2.24) is 30.0 Å². The molecule has 3 aromatic heterocycles. The van der Waals surface area contributed by atoms with Crippen molar-refractivity contribution in [1.29, 1.82) is 0 Å². The predicted molar refractivity (Wildman–Crippen MR) is 153 cm³/mol. The van der Waals surface area contributed by atoms with Crippen molar-refractivity contribution in [2.24, 2.45) is 0 Å². The van der Waals surface area contributed by atoms with E-state index in [2.05, 4.69) is 37.5 Å². The monoisotopic (exact) mass is 573 g/mol. The summed E-state index contributed by atoms with van der Waals surface area (Å²) in [5, 5.41) is 11.9. The van der Waals surface area contributed by atoms with Crippen molar-refractivity contribution in [3.05, 3.63) is 77.1 Å². The molecule has 4 heterocycles. The van der Waals surface area contributed by atoms with Crippen molar-refractivity contribution < 1.29 is 18.3 Å². The average molecular weight is 574 g/mol. The molecule has 1 saturated heterocycles. The molecule has 1 amide bonds. The van der Waals surface area contributed by atoms with Crippen LogP contribution in [0.2, 0.25) is 0 Å². The zero-order valence-electron chi connectivity index (χ0n) is 22.2. The lowest BCUT2D eigenvalue weighted by molar-refractivity contribution is 0.0826. The second kappa shape index (κ2) is 11.1. The second-order valence-corrected chi connectivity index (χ2v) is 10.9. The van der Waals surface area contributed by atoms with Gasteiger partial charge < -0.3 is 15.0 Å². The maximum Gasteiger partial charge on any atom is 0.409 e. The first-order valence-corrected chi connectivity index (χ1v) is 13.7. The SMILES string of the molecule is CN(C)C(=O)OC1CNC(C#Cc2cc3ncnc(Nc4ccc5c(cnn5Cc5cc(F)ccc5F)c4)c3s2)C1. The summed E-state index contributed by atoms with van der Waals surface area (Å²) in [5.74, 6) is 6.13. The first-order chi connectivity index (χ1) is 19.8. The quantitative estimate of drug-likeness (QED) is 0.289. The molecular formula is C29H25F2N7O2S. The Morgan fingerprint density at radius 2 is 2.10 bits per heavy atom. The van der Waals surface area contributed by atoms with Gasteiger partial charge in [-0.25, -0.2) is 23.5 Å². The van der Waals surface area contributed by atoms with Gasteiger partial charge in [0.1, 0.15) is 24.1 Å². The highest BCUT2D eigenvalue weighted by Gasteiger charge is 2.26. The fourth-order valence-corrected chi connectivity index (χ4v) is 5.48. The summed E-state index contributed by atoms with van der Waals surface area (Å²) in [6.45, 7) is 0.680. The van der Waals surface area contributed by atoms with Gasteiger partial charge in [0, 0.05) is 43.7 Å². The molecule has 0 bridgehead atoms. The highest BCUT2D eigenvalue weighted by Crippen LogP contribution is 2.31. The van der Waals surface area contributed by atoms with Crippen molar-refractivity contribution >= 4 is 50.1 Å². The number of benzene rings is 2. The van der Waals surface area contributed by atoms with Gasteiger partial charge in [0.15, 0.2) is 5.82 Å². The maximum absolute atomic E-state index is 14.1. The molecule has 2 N–H and O–H groups in total. The number of thiophene rings is 1. The number of carbonyl (C=O) groups is 1. The van der Waals surface area contributed by atoms with Crippen LogP contribution >= 0.6 is 11.3 Å². The minimum absolute atomic E-state index is 0.0751. The van der Waals surface area contributed by atoms with Crippen molar-refractivity contribution in [2.45, 2.75) is 25.1 Å². The summed E-state index contributed by atoms with van der Waals surface area (Å²) in [7, 11) is 3.31. The summed E-state index contributed by atoms with van der Waals surface area (Å²) >= 11 is 1.49. The molecule has 12 heteroatoms. The van der Waals surface area contributed by atoms with Gasteiger partial charge in [-0.15, -0.1) is 11.3 Å². The molecular weight excluding hydrogens is 548 g/mol. The zero-order chi connectivity index (χ0) is 28.5. The Kier molecular flexibility index (Phi) is 7.21. The molecule has 41 heavy (non-hydrogen) atoms. The number of aromatic nitrogens is 4. The van der Waals surface area contributed by atoms with E-state index in [9.17, 15) is 13.6 Å². The Morgan fingerprint density at radius 1 is 1.22 bits per heavy atom. The number of hydrogen-bond donors (Lipinski definition) is 2. The van der Waals surface area contributed by atoms with E-state index < -0.39 is 11.6 Å². The van der Waals surface area contributed by atoms with E-state index >= 15 is 0 Å². The number of hydrogen-bond acceptors (Lipinski definition) is 8. The zero-order valence-corrected chi connectivity index (χ0v) is 23.0. The van der Waals surface area contributed by atoms with E-state index in [1.165, 1.54) is 28.6 Å². The second-order valence-electron chi connectivity index (χ2n) is 9.85. The van der Waals surface area contributed by atoms with Crippen LogP contribution in [0.4, 0.5) is 25.1 Å². The largest absolute Gasteiger partial charge is 0.445 e. The molecule has 5 aromatic rings. The number of anilines is 2. The molecule has 2 aromatic carbocycles. The van der Waals surface area contributed by atoms with Gasteiger partial charge in [0.2, 0.25) is 0 Å². The van der Waals surface area contributed by atoms with Crippen LogP contribution in [0.1, 0.15) is 16.9 Å². The maximum atomic E-state index is 14.1. The van der Waals surface area contributed by atoms with E-state index in [1.54, 1.807) is 25.0 Å². The minimum Gasteiger partial charge on any atom is -0.445 e. The third kappa shape index (κ3) is 5.82. The smallest absolute Gasteiger partial charge is 0.409 e. The summed E-state index contributed by atoms with van der Waals surface area (Å²) in [4.78, 5) is 22.9. The normalized spacial score (nSPS) is 16.5. The van der Waals surface area contributed by atoms with Gasteiger partial charge in [0.25, 0.3) is 0 Å². The number of amides is 1. The lowest BCUT2D eigenvalue weighted by Gasteiger charge is -2.15. The van der Waals surface area contributed by atoms with Gasteiger partial charge in [-0.3, -0.25) is 10.00 Å². The highest BCUT2D eigenvalue weighted by molar-refractivity contribution is 7.20. The van der Waals surface area contributed by atoms with Crippen LogP contribution in [0.25, 0.3) is 21.1 Å². The predicted octanol–water partition coefficient (Wildman–Crippen LogP) is 4.89. The topological polar surface area (TPSA) is 97.2 Å². The Hall–Kier alpha value is -4.60. The van der Waals surface area contributed by atoms with Crippen LogP contribution in [0, 0.1) is 23.5 Å². The number of fused-ring (bicyclic) bond motifs is 2. The molecule has 0 radical (unpaired) electrons.